The summed E-state index contributed by atoms with van der Waals surface area (Å²) in [4.78, 5) is 8.50. The van der Waals surface area contributed by atoms with Crippen LogP contribution in [-0.4, -0.2) is 16.7 Å². The second-order valence-corrected chi connectivity index (χ2v) is 7.01. The lowest BCUT2D eigenvalue weighted by Gasteiger charge is -2.38. The standard InChI is InChI=1S/C20H18N2.C6H4N2/c1-15-17(14-21)13-20(16(2)22-15,18-9-5-3-6-10-18)19-11-7-4-8-12-19;7-4-6-2-1-3-8-5-6/h3-13,16H,1-2H3;1-3,5H. The van der Waals surface area contributed by atoms with Crippen molar-refractivity contribution in [1.29, 1.82) is 10.5 Å². The number of aliphatic imine (C=N–C) groups is 1. The first kappa shape index (κ1) is 20.7. The Hall–Kier alpha value is -4.02. The SMILES string of the molecule is CC1=NC(C)C(c2ccccc2)(c2ccccc2)C=C1C#N.N#Cc1cccnc1. The quantitative estimate of drug-likeness (QED) is 0.601. The first-order valence-electron chi connectivity index (χ1n) is 9.70. The van der Waals surface area contributed by atoms with E-state index in [1.54, 1.807) is 18.3 Å². The van der Waals surface area contributed by atoms with Crippen LogP contribution in [0.1, 0.15) is 30.5 Å². The van der Waals surface area contributed by atoms with Crippen LogP contribution in [0.15, 0.2) is 102 Å². The van der Waals surface area contributed by atoms with Crippen LogP contribution in [0.4, 0.5) is 0 Å². The van der Waals surface area contributed by atoms with E-state index in [4.69, 9.17) is 10.3 Å². The molecule has 1 atom stereocenters. The highest BCUT2D eigenvalue weighted by atomic mass is 14.8. The smallest absolute Gasteiger partial charge is 0.101 e. The van der Waals surface area contributed by atoms with E-state index in [2.05, 4.69) is 48.3 Å². The molecule has 1 aromatic heterocycles. The van der Waals surface area contributed by atoms with Crippen LogP contribution < -0.4 is 0 Å². The average molecular weight is 390 g/mol. The lowest BCUT2D eigenvalue weighted by atomic mass is 9.67. The number of allylic oxidation sites excluding steroid dienone is 1. The van der Waals surface area contributed by atoms with Gasteiger partial charge in [-0.3, -0.25) is 9.98 Å². The average Bonchev–Trinajstić information content (AvgIpc) is 2.81. The van der Waals surface area contributed by atoms with Crippen molar-refractivity contribution in [3.63, 3.8) is 0 Å². The molecule has 2 aromatic carbocycles. The summed E-state index contributed by atoms with van der Waals surface area (Å²) in [5.41, 5.74) is 4.01. The van der Waals surface area contributed by atoms with E-state index in [1.165, 1.54) is 6.20 Å². The van der Waals surface area contributed by atoms with Crippen molar-refractivity contribution < 1.29 is 0 Å². The lowest BCUT2D eigenvalue weighted by Crippen LogP contribution is -2.39. The van der Waals surface area contributed by atoms with Gasteiger partial charge in [0.2, 0.25) is 0 Å². The zero-order valence-electron chi connectivity index (χ0n) is 17.0. The predicted octanol–water partition coefficient (Wildman–Crippen LogP) is 5.24. The van der Waals surface area contributed by atoms with Crippen molar-refractivity contribution in [2.24, 2.45) is 4.99 Å². The molecular formula is C26H22N4. The van der Waals surface area contributed by atoms with Crippen molar-refractivity contribution in [2.45, 2.75) is 25.3 Å². The molecule has 0 N–H and O–H groups in total. The Morgan fingerprint density at radius 2 is 1.43 bits per heavy atom. The highest BCUT2D eigenvalue weighted by molar-refractivity contribution is 6.03. The molecule has 0 aliphatic carbocycles. The lowest BCUT2D eigenvalue weighted by molar-refractivity contribution is 0.518. The molecule has 30 heavy (non-hydrogen) atoms. The number of benzene rings is 2. The number of dihydropyridines is 1. The van der Waals surface area contributed by atoms with Crippen LogP contribution in [0.25, 0.3) is 0 Å². The normalized spacial score (nSPS) is 16.6. The third-order valence-electron chi connectivity index (χ3n) is 5.22. The maximum Gasteiger partial charge on any atom is 0.101 e. The van der Waals surface area contributed by atoms with Gasteiger partial charge in [0.25, 0.3) is 0 Å². The van der Waals surface area contributed by atoms with E-state index in [9.17, 15) is 5.26 Å². The molecular weight excluding hydrogens is 368 g/mol. The Labute approximate surface area is 177 Å². The van der Waals surface area contributed by atoms with Gasteiger partial charge >= 0.3 is 0 Å². The van der Waals surface area contributed by atoms with Crippen LogP contribution in [0.2, 0.25) is 0 Å². The number of hydrogen-bond donors (Lipinski definition) is 0. The Morgan fingerprint density at radius 3 is 1.87 bits per heavy atom. The Bertz CT molecular complexity index is 1080. The van der Waals surface area contributed by atoms with Gasteiger partial charge in [0.05, 0.1) is 22.6 Å². The van der Waals surface area contributed by atoms with Crippen molar-refractivity contribution in [3.8, 4) is 12.1 Å². The molecule has 0 radical (unpaired) electrons. The maximum absolute atomic E-state index is 9.47. The van der Waals surface area contributed by atoms with Gasteiger partial charge in [0.15, 0.2) is 0 Å². The summed E-state index contributed by atoms with van der Waals surface area (Å²) >= 11 is 0. The largest absolute Gasteiger partial charge is 0.284 e. The fourth-order valence-corrected chi connectivity index (χ4v) is 3.70. The monoisotopic (exact) mass is 390 g/mol. The fraction of sp³-hybridized carbons (Fsp3) is 0.154. The van der Waals surface area contributed by atoms with Crippen LogP contribution >= 0.6 is 0 Å². The summed E-state index contributed by atoms with van der Waals surface area (Å²) in [6, 6.07) is 28.4. The fourth-order valence-electron chi connectivity index (χ4n) is 3.70. The molecule has 0 fully saturated rings. The molecule has 4 heteroatoms. The third kappa shape index (κ3) is 4.19. The van der Waals surface area contributed by atoms with Crippen molar-refractivity contribution in [2.75, 3.05) is 0 Å². The van der Waals surface area contributed by atoms with Crippen LogP contribution in [0, 0.1) is 22.7 Å². The van der Waals surface area contributed by atoms with Gasteiger partial charge < -0.3 is 0 Å². The van der Waals surface area contributed by atoms with Crippen LogP contribution in [0.5, 0.6) is 0 Å². The van der Waals surface area contributed by atoms with Crippen molar-refractivity contribution in [3.05, 3.63) is 114 Å². The van der Waals surface area contributed by atoms with Gasteiger partial charge in [-0.2, -0.15) is 10.5 Å². The summed E-state index contributed by atoms with van der Waals surface area (Å²) in [5.74, 6) is 0. The number of pyridine rings is 1. The van der Waals surface area contributed by atoms with E-state index in [1.807, 2.05) is 49.4 Å². The Kier molecular flexibility index (Phi) is 6.53. The number of nitriles is 2. The minimum absolute atomic E-state index is 0.0365. The van der Waals surface area contributed by atoms with E-state index in [0.29, 0.717) is 11.1 Å². The second-order valence-electron chi connectivity index (χ2n) is 7.01. The summed E-state index contributed by atoms with van der Waals surface area (Å²) in [7, 11) is 0. The molecule has 0 saturated heterocycles. The second kappa shape index (κ2) is 9.45. The molecule has 146 valence electrons. The highest BCUT2D eigenvalue weighted by Gasteiger charge is 2.40. The number of nitrogens with zero attached hydrogens (tertiary/aromatic N) is 4. The zero-order valence-corrected chi connectivity index (χ0v) is 17.0. The molecule has 1 unspecified atom stereocenters. The molecule has 0 saturated carbocycles. The summed E-state index contributed by atoms with van der Waals surface area (Å²) in [5, 5.41) is 17.7. The molecule has 1 aliphatic rings. The maximum atomic E-state index is 9.47. The molecule has 1 aliphatic heterocycles. The number of aromatic nitrogens is 1. The van der Waals surface area contributed by atoms with Gasteiger partial charge in [0, 0.05) is 18.1 Å². The first-order chi connectivity index (χ1) is 14.6. The summed E-state index contributed by atoms with van der Waals surface area (Å²) in [6.07, 6.45) is 5.26. The topological polar surface area (TPSA) is 72.8 Å². The molecule has 3 aromatic rings. The van der Waals surface area contributed by atoms with Gasteiger partial charge in [-0.25, -0.2) is 0 Å². The van der Waals surface area contributed by atoms with E-state index in [0.717, 1.165) is 16.8 Å². The van der Waals surface area contributed by atoms with Crippen molar-refractivity contribution >= 4 is 5.71 Å². The highest BCUT2D eigenvalue weighted by Crippen LogP contribution is 2.41. The molecule has 0 bridgehead atoms. The predicted molar refractivity (Wildman–Crippen MR) is 119 cm³/mol. The minimum Gasteiger partial charge on any atom is -0.284 e. The number of hydrogen-bond acceptors (Lipinski definition) is 4. The first-order valence-corrected chi connectivity index (χ1v) is 9.70. The zero-order chi connectivity index (χ0) is 21.4. The van der Waals surface area contributed by atoms with Gasteiger partial charge in [-0.05, 0) is 43.2 Å². The summed E-state index contributed by atoms with van der Waals surface area (Å²) in [6.45, 7) is 4.03. The van der Waals surface area contributed by atoms with Crippen molar-refractivity contribution in [1.82, 2.24) is 4.98 Å². The van der Waals surface area contributed by atoms with E-state index in [-0.39, 0.29) is 6.04 Å². The summed E-state index contributed by atoms with van der Waals surface area (Å²) < 4.78 is 0. The molecule has 0 amide bonds. The molecule has 0 spiro atoms. The van der Waals surface area contributed by atoms with E-state index < -0.39 is 5.41 Å². The Morgan fingerprint density at radius 1 is 0.833 bits per heavy atom. The molecule has 4 rings (SSSR count). The third-order valence-corrected chi connectivity index (χ3v) is 5.22. The molecule has 4 nitrogen and oxygen atoms in total. The van der Waals surface area contributed by atoms with Gasteiger partial charge in [0.1, 0.15) is 12.1 Å². The Balaban J connectivity index is 0.000000269. The van der Waals surface area contributed by atoms with E-state index >= 15 is 0 Å². The van der Waals surface area contributed by atoms with Crippen LogP contribution in [0.3, 0.4) is 0 Å². The van der Waals surface area contributed by atoms with Gasteiger partial charge in [-0.1, -0.05) is 60.7 Å². The molecule has 2 heterocycles. The minimum atomic E-state index is -0.396. The van der Waals surface area contributed by atoms with Gasteiger partial charge in [-0.15, -0.1) is 0 Å². The number of rotatable bonds is 2. The van der Waals surface area contributed by atoms with Crippen LogP contribution in [-0.2, 0) is 5.41 Å².